The highest BCUT2D eigenvalue weighted by Gasteiger charge is 2.18. The van der Waals surface area contributed by atoms with Gasteiger partial charge in [0.25, 0.3) is 0 Å². The Bertz CT molecular complexity index is 968. The van der Waals surface area contributed by atoms with Crippen LogP contribution in [-0.4, -0.2) is 47.4 Å². The van der Waals surface area contributed by atoms with E-state index < -0.39 is 0 Å². The molecule has 0 spiro atoms. The lowest BCUT2D eigenvalue weighted by Gasteiger charge is -2.36. The summed E-state index contributed by atoms with van der Waals surface area (Å²) in [5.74, 6) is 0. The normalized spacial score (nSPS) is 14.9. The SMILES string of the molecule is CCCc1cc(CCCN2CCN(c3ccc(C)cc3C)CC2)nn1-c1ccccc1. The van der Waals surface area contributed by atoms with E-state index in [1.165, 1.54) is 40.3 Å². The van der Waals surface area contributed by atoms with Gasteiger partial charge in [-0.3, -0.25) is 4.90 Å². The average Bonchev–Trinajstić information content (AvgIpc) is 3.18. The second kappa shape index (κ2) is 10.1. The number of para-hydroxylation sites is 1. The molecule has 0 saturated carbocycles. The molecule has 0 bridgehead atoms. The van der Waals surface area contributed by atoms with E-state index in [1.54, 1.807) is 0 Å². The van der Waals surface area contributed by atoms with Crippen LogP contribution in [0.1, 0.15) is 42.3 Å². The van der Waals surface area contributed by atoms with Gasteiger partial charge < -0.3 is 4.90 Å². The number of hydrogen-bond acceptors (Lipinski definition) is 3. The van der Waals surface area contributed by atoms with Crippen LogP contribution >= 0.6 is 0 Å². The van der Waals surface area contributed by atoms with Crippen molar-refractivity contribution in [2.24, 2.45) is 0 Å². The zero-order valence-corrected chi connectivity index (χ0v) is 19.3. The Morgan fingerprint density at radius 2 is 1.65 bits per heavy atom. The van der Waals surface area contributed by atoms with E-state index in [-0.39, 0.29) is 0 Å². The molecule has 0 N–H and O–H groups in total. The summed E-state index contributed by atoms with van der Waals surface area (Å²) in [6, 6.07) is 19.7. The maximum Gasteiger partial charge on any atom is 0.0648 e. The molecule has 0 aliphatic carbocycles. The van der Waals surface area contributed by atoms with Crippen molar-refractivity contribution in [3.63, 3.8) is 0 Å². The summed E-state index contributed by atoms with van der Waals surface area (Å²) >= 11 is 0. The molecule has 1 saturated heterocycles. The molecule has 1 aliphatic heterocycles. The van der Waals surface area contributed by atoms with Crippen molar-refractivity contribution in [3.05, 3.63) is 77.1 Å². The molecule has 1 fully saturated rings. The maximum atomic E-state index is 4.94. The lowest BCUT2D eigenvalue weighted by atomic mass is 10.1. The molecule has 1 aliphatic rings. The molecular formula is C27H36N4. The predicted molar refractivity (Wildman–Crippen MR) is 130 cm³/mol. The van der Waals surface area contributed by atoms with E-state index in [2.05, 4.69) is 89.9 Å². The van der Waals surface area contributed by atoms with Crippen LogP contribution in [-0.2, 0) is 12.8 Å². The summed E-state index contributed by atoms with van der Waals surface area (Å²) in [7, 11) is 0. The Kier molecular flexibility index (Phi) is 7.08. The number of hydrogen-bond donors (Lipinski definition) is 0. The van der Waals surface area contributed by atoms with Crippen LogP contribution in [0.2, 0.25) is 0 Å². The number of rotatable bonds is 8. The van der Waals surface area contributed by atoms with Gasteiger partial charge in [0.2, 0.25) is 0 Å². The summed E-state index contributed by atoms with van der Waals surface area (Å²) in [6.07, 6.45) is 4.43. The highest BCUT2D eigenvalue weighted by molar-refractivity contribution is 5.54. The fraction of sp³-hybridized carbons (Fsp3) is 0.444. The monoisotopic (exact) mass is 416 g/mol. The van der Waals surface area contributed by atoms with Crippen molar-refractivity contribution < 1.29 is 0 Å². The molecule has 4 nitrogen and oxygen atoms in total. The lowest BCUT2D eigenvalue weighted by Crippen LogP contribution is -2.46. The van der Waals surface area contributed by atoms with Gasteiger partial charge in [0.1, 0.15) is 0 Å². The Morgan fingerprint density at radius 3 is 2.35 bits per heavy atom. The van der Waals surface area contributed by atoms with Gasteiger partial charge in [-0.15, -0.1) is 0 Å². The zero-order chi connectivity index (χ0) is 21.6. The molecule has 4 heteroatoms. The molecule has 164 valence electrons. The molecular weight excluding hydrogens is 380 g/mol. The molecule has 4 rings (SSSR count). The number of nitrogens with zero attached hydrogens (tertiary/aromatic N) is 4. The van der Waals surface area contributed by atoms with Crippen LogP contribution in [0.5, 0.6) is 0 Å². The van der Waals surface area contributed by atoms with E-state index in [0.29, 0.717) is 0 Å². The topological polar surface area (TPSA) is 24.3 Å². The maximum absolute atomic E-state index is 4.94. The minimum Gasteiger partial charge on any atom is -0.369 e. The minimum atomic E-state index is 1.05. The van der Waals surface area contributed by atoms with Crippen LogP contribution < -0.4 is 4.90 Å². The van der Waals surface area contributed by atoms with Gasteiger partial charge in [0.15, 0.2) is 0 Å². The first-order valence-electron chi connectivity index (χ1n) is 11.8. The van der Waals surface area contributed by atoms with Crippen LogP contribution in [0.3, 0.4) is 0 Å². The molecule has 31 heavy (non-hydrogen) atoms. The Morgan fingerprint density at radius 1 is 0.871 bits per heavy atom. The summed E-state index contributed by atoms with van der Waals surface area (Å²) in [5, 5.41) is 4.94. The second-order valence-corrected chi connectivity index (χ2v) is 8.85. The van der Waals surface area contributed by atoms with Gasteiger partial charge in [-0.2, -0.15) is 5.10 Å². The third-order valence-electron chi connectivity index (χ3n) is 6.31. The van der Waals surface area contributed by atoms with Crippen LogP contribution in [0.25, 0.3) is 5.69 Å². The first kappa shape index (κ1) is 21.6. The molecule has 2 heterocycles. The van der Waals surface area contributed by atoms with E-state index >= 15 is 0 Å². The largest absolute Gasteiger partial charge is 0.369 e. The van der Waals surface area contributed by atoms with E-state index in [4.69, 9.17) is 5.10 Å². The van der Waals surface area contributed by atoms with Gasteiger partial charge in [0, 0.05) is 37.6 Å². The molecule has 0 amide bonds. The molecule has 1 aromatic heterocycles. The van der Waals surface area contributed by atoms with Crippen LogP contribution in [0, 0.1) is 13.8 Å². The third kappa shape index (κ3) is 5.37. The first-order valence-corrected chi connectivity index (χ1v) is 11.8. The van der Waals surface area contributed by atoms with Gasteiger partial charge in [0.05, 0.1) is 11.4 Å². The van der Waals surface area contributed by atoms with Crippen molar-refractivity contribution in [1.29, 1.82) is 0 Å². The number of aromatic nitrogens is 2. The zero-order valence-electron chi connectivity index (χ0n) is 19.3. The number of anilines is 1. The molecule has 0 atom stereocenters. The predicted octanol–water partition coefficient (Wildman–Crippen LogP) is 5.20. The smallest absolute Gasteiger partial charge is 0.0648 e. The molecule has 3 aromatic rings. The van der Waals surface area contributed by atoms with Crippen molar-refractivity contribution in [2.45, 2.75) is 46.5 Å². The molecule has 2 aromatic carbocycles. The second-order valence-electron chi connectivity index (χ2n) is 8.85. The third-order valence-corrected chi connectivity index (χ3v) is 6.31. The highest BCUT2D eigenvalue weighted by Crippen LogP contribution is 2.22. The van der Waals surface area contributed by atoms with Crippen molar-refractivity contribution in [3.8, 4) is 5.69 Å². The Balaban J connectivity index is 1.29. The Hall–Kier alpha value is -2.59. The fourth-order valence-electron chi connectivity index (χ4n) is 4.68. The van der Waals surface area contributed by atoms with Crippen LogP contribution in [0.4, 0.5) is 5.69 Å². The van der Waals surface area contributed by atoms with Gasteiger partial charge in [-0.1, -0.05) is 49.2 Å². The summed E-state index contributed by atoms with van der Waals surface area (Å²) in [5.41, 5.74) is 7.86. The highest BCUT2D eigenvalue weighted by atomic mass is 15.3. The van der Waals surface area contributed by atoms with Crippen molar-refractivity contribution in [1.82, 2.24) is 14.7 Å². The minimum absolute atomic E-state index is 1.05. The lowest BCUT2D eigenvalue weighted by molar-refractivity contribution is 0.254. The van der Waals surface area contributed by atoms with Gasteiger partial charge >= 0.3 is 0 Å². The summed E-state index contributed by atoms with van der Waals surface area (Å²) < 4.78 is 2.14. The quantitative estimate of drug-likeness (QED) is 0.505. The van der Waals surface area contributed by atoms with E-state index in [0.717, 1.165) is 52.0 Å². The summed E-state index contributed by atoms with van der Waals surface area (Å²) in [4.78, 5) is 5.16. The molecule has 0 unspecified atom stereocenters. The van der Waals surface area contributed by atoms with Crippen LogP contribution in [0.15, 0.2) is 54.6 Å². The number of benzene rings is 2. The van der Waals surface area contributed by atoms with Gasteiger partial charge in [-0.25, -0.2) is 4.68 Å². The first-order chi connectivity index (χ1) is 15.1. The average molecular weight is 417 g/mol. The number of piperazine rings is 1. The van der Waals surface area contributed by atoms with E-state index in [9.17, 15) is 0 Å². The number of aryl methyl sites for hydroxylation is 4. The summed E-state index contributed by atoms with van der Waals surface area (Å²) in [6.45, 7) is 12.3. The standard InChI is InChI=1S/C27H36N4/c1-4-9-26-21-24(28-31(26)25-11-6-5-7-12-25)10-8-15-29-16-18-30(19-17-29)27-14-13-22(2)20-23(27)3/h5-7,11-14,20-21H,4,8-10,15-19H2,1-3H3. The fourth-order valence-corrected chi connectivity index (χ4v) is 4.68. The Labute approximate surface area is 187 Å². The van der Waals surface area contributed by atoms with Crippen molar-refractivity contribution in [2.75, 3.05) is 37.6 Å². The molecule has 0 radical (unpaired) electrons. The van der Waals surface area contributed by atoms with Gasteiger partial charge in [-0.05, 0) is 69.5 Å². The van der Waals surface area contributed by atoms with E-state index in [1.807, 2.05) is 0 Å². The van der Waals surface area contributed by atoms with Crippen molar-refractivity contribution >= 4 is 5.69 Å².